The highest BCUT2D eigenvalue weighted by Gasteiger charge is 2.29. The monoisotopic (exact) mass is 283 g/mol. The third-order valence-corrected chi connectivity index (χ3v) is 4.02. The first-order valence-electron chi connectivity index (χ1n) is 6.76. The molecule has 100 valence electrons. The average Bonchev–Trinajstić information content (AvgIpc) is 3.19. The Kier molecular flexibility index (Phi) is 2.51. The normalized spacial score (nSPS) is 14.8. The molecule has 20 heavy (non-hydrogen) atoms. The van der Waals surface area contributed by atoms with E-state index in [1.807, 2.05) is 42.5 Å². The SMILES string of the molecule is Nc1cccc(-c2nc3cccc(Cl)c3n2C2CC2)c1. The van der Waals surface area contributed by atoms with Crippen molar-refractivity contribution in [2.75, 3.05) is 5.73 Å². The van der Waals surface area contributed by atoms with E-state index in [0.717, 1.165) is 33.1 Å². The van der Waals surface area contributed by atoms with Crippen LogP contribution < -0.4 is 5.73 Å². The van der Waals surface area contributed by atoms with Crippen LogP contribution in [0.5, 0.6) is 0 Å². The van der Waals surface area contributed by atoms with Crippen molar-refractivity contribution in [1.29, 1.82) is 0 Å². The van der Waals surface area contributed by atoms with E-state index in [1.165, 1.54) is 12.8 Å². The minimum atomic E-state index is 0.510. The summed E-state index contributed by atoms with van der Waals surface area (Å²) in [7, 11) is 0. The molecule has 4 rings (SSSR count). The topological polar surface area (TPSA) is 43.8 Å². The van der Waals surface area contributed by atoms with Crippen molar-refractivity contribution in [2.45, 2.75) is 18.9 Å². The number of nitrogen functional groups attached to an aromatic ring is 1. The largest absolute Gasteiger partial charge is 0.399 e. The van der Waals surface area contributed by atoms with Crippen LogP contribution in [-0.2, 0) is 0 Å². The molecule has 0 unspecified atom stereocenters. The van der Waals surface area contributed by atoms with E-state index in [1.54, 1.807) is 0 Å². The number of rotatable bonds is 2. The maximum absolute atomic E-state index is 6.38. The highest BCUT2D eigenvalue weighted by Crippen LogP contribution is 2.42. The van der Waals surface area contributed by atoms with Crippen LogP contribution in [0.15, 0.2) is 42.5 Å². The summed E-state index contributed by atoms with van der Waals surface area (Å²) in [5.74, 6) is 0.961. The van der Waals surface area contributed by atoms with Gasteiger partial charge in [-0.3, -0.25) is 0 Å². The molecule has 0 bridgehead atoms. The number of hydrogen-bond donors (Lipinski definition) is 1. The summed E-state index contributed by atoms with van der Waals surface area (Å²) in [6, 6.07) is 14.2. The maximum atomic E-state index is 6.38. The summed E-state index contributed by atoms with van der Waals surface area (Å²) < 4.78 is 2.27. The second-order valence-corrected chi connectivity index (χ2v) is 5.68. The van der Waals surface area contributed by atoms with Crippen LogP contribution in [0, 0.1) is 0 Å². The van der Waals surface area contributed by atoms with Gasteiger partial charge in [-0.25, -0.2) is 4.98 Å². The van der Waals surface area contributed by atoms with E-state index >= 15 is 0 Å². The smallest absolute Gasteiger partial charge is 0.141 e. The number of fused-ring (bicyclic) bond motifs is 1. The van der Waals surface area contributed by atoms with Crippen LogP contribution in [-0.4, -0.2) is 9.55 Å². The summed E-state index contributed by atoms with van der Waals surface area (Å²) in [5.41, 5.74) is 9.68. The summed E-state index contributed by atoms with van der Waals surface area (Å²) in [4.78, 5) is 4.77. The van der Waals surface area contributed by atoms with Crippen LogP contribution in [0.25, 0.3) is 22.4 Å². The van der Waals surface area contributed by atoms with Gasteiger partial charge in [-0.1, -0.05) is 29.8 Å². The first-order chi connectivity index (χ1) is 9.74. The van der Waals surface area contributed by atoms with Crippen LogP contribution in [0.2, 0.25) is 5.02 Å². The Morgan fingerprint density at radius 3 is 2.70 bits per heavy atom. The van der Waals surface area contributed by atoms with E-state index in [-0.39, 0.29) is 0 Å². The van der Waals surface area contributed by atoms with Gasteiger partial charge in [0.2, 0.25) is 0 Å². The van der Waals surface area contributed by atoms with E-state index < -0.39 is 0 Å². The number of anilines is 1. The molecule has 1 saturated carbocycles. The van der Waals surface area contributed by atoms with Gasteiger partial charge in [-0.15, -0.1) is 0 Å². The molecule has 0 amide bonds. The third kappa shape index (κ3) is 1.78. The Morgan fingerprint density at radius 2 is 1.95 bits per heavy atom. The standard InChI is InChI=1S/C16H14ClN3/c17-13-5-2-6-14-15(13)20(12-7-8-12)16(19-14)10-3-1-4-11(18)9-10/h1-6,9,12H,7-8,18H2. The number of hydrogen-bond acceptors (Lipinski definition) is 2. The maximum Gasteiger partial charge on any atom is 0.141 e. The fourth-order valence-corrected chi connectivity index (χ4v) is 2.94. The lowest BCUT2D eigenvalue weighted by Gasteiger charge is -2.09. The van der Waals surface area contributed by atoms with Crippen molar-refractivity contribution in [3.05, 3.63) is 47.5 Å². The molecule has 0 atom stereocenters. The quantitative estimate of drug-likeness (QED) is 0.714. The minimum absolute atomic E-state index is 0.510. The van der Waals surface area contributed by atoms with E-state index in [4.69, 9.17) is 22.3 Å². The van der Waals surface area contributed by atoms with E-state index in [2.05, 4.69) is 4.57 Å². The first kappa shape index (κ1) is 11.8. The molecule has 2 N–H and O–H groups in total. The molecule has 3 aromatic rings. The molecule has 1 aromatic heterocycles. The van der Waals surface area contributed by atoms with Gasteiger partial charge in [-0.2, -0.15) is 0 Å². The molecule has 1 fully saturated rings. The average molecular weight is 284 g/mol. The van der Waals surface area contributed by atoms with Gasteiger partial charge >= 0.3 is 0 Å². The number of halogens is 1. The van der Waals surface area contributed by atoms with Crippen molar-refractivity contribution < 1.29 is 0 Å². The summed E-state index contributed by atoms with van der Waals surface area (Å²) >= 11 is 6.38. The predicted octanol–water partition coefficient (Wildman–Crippen LogP) is 4.27. The highest BCUT2D eigenvalue weighted by molar-refractivity contribution is 6.35. The van der Waals surface area contributed by atoms with Crippen LogP contribution in [0.3, 0.4) is 0 Å². The molecular formula is C16H14ClN3. The third-order valence-electron chi connectivity index (χ3n) is 3.72. The van der Waals surface area contributed by atoms with E-state index in [0.29, 0.717) is 6.04 Å². The zero-order valence-electron chi connectivity index (χ0n) is 10.9. The fourth-order valence-electron chi connectivity index (χ4n) is 2.68. The van der Waals surface area contributed by atoms with Crippen molar-refractivity contribution in [1.82, 2.24) is 9.55 Å². The van der Waals surface area contributed by atoms with Crippen molar-refractivity contribution in [3.8, 4) is 11.4 Å². The molecule has 3 nitrogen and oxygen atoms in total. The molecule has 2 aromatic carbocycles. The Labute approximate surface area is 122 Å². The molecule has 4 heteroatoms. The van der Waals surface area contributed by atoms with Crippen LogP contribution in [0.4, 0.5) is 5.69 Å². The van der Waals surface area contributed by atoms with Crippen molar-refractivity contribution in [3.63, 3.8) is 0 Å². The minimum Gasteiger partial charge on any atom is -0.399 e. The zero-order valence-corrected chi connectivity index (χ0v) is 11.6. The molecule has 1 aliphatic rings. The molecule has 0 aliphatic heterocycles. The molecule has 0 radical (unpaired) electrons. The van der Waals surface area contributed by atoms with Gasteiger partial charge in [0.05, 0.1) is 16.1 Å². The fraction of sp³-hybridized carbons (Fsp3) is 0.188. The lowest BCUT2D eigenvalue weighted by Crippen LogP contribution is -1.98. The molecular weight excluding hydrogens is 270 g/mol. The number of aromatic nitrogens is 2. The van der Waals surface area contributed by atoms with Gasteiger partial charge in [0.25, 0.3) is 0 Å². The Hall–Kier alpha value is -2.00. The molecule has 0 saturated heterocycles. The Balaban J connectivity index is 2.04. The second-order valence-electron chi connectivity index (χ2n) is 5.27. The number of nitrogens with zero attached hydrogens (tertiary/aromatic N) is 2. The van der Waals surface area contributed by atoms with Gasteiger partial charge in [0.1, 0.15) is 5.82 Å². The highest BCUT2D eigenvalue weighted by atomic mass is 35.5. The van der Waals surface area contributed by atoms with Gasteiger partial charge < -0.3 is 10.3 Å². The number of para-hydroxylation sites is 1. The lowest BCUT2D eigenvalue weighted by molar-refractivity contribution is 0.775. The molecule has 0 spiro atoms. The first-order valence-corrected chi connectivity index (χ1v) is 7.14. The zero-order chi connectivity index (χ0) is 13.7. The van der Waals surface area contributed by atoms with Gasteiger partial charge in [-0.05, 0) is 37.1 Å². The number of benzene rings is 2. The molecule has 1 aliphatic carbocycles. The summed E-state index contributed by atoms with van der Waals surface area (Å²) in [6.07, 6.45) is 2.37. The van der Waals surface area contributed by atoms with Crippen LogP contribution >= 0.6 is 11.6 Å². The second kappa shape index (κ2) is 4.25. The summed E-state index contributed by atoms with van der Waals surface area (Å²) in [6.45, 7) is 0. The van der Waals surface area contributed by atoms with Gasteiger partial charge in [0.15, 0.2) is 0 Å². The Bertz CT molecular complexity index is 803. The van der Waals surface area contributed by atoms with Crippen molar-refractivity contribution in [2.24, 2.45) is 0 Å². The van der Waals surface area contributed by atoms with Gasteiger partial charge in [0, 0.05) is 17.3 Å². The number of imidazole rings is 1. The molecule has 1 heterocycles. The van der Waals surface area contributed by atoms with Crippen LogP contribution in [0.1, 0.15) is 18.9 Å². The Morgan fingerprint density at radius 1 is 1.15 bits per heavy atom. The number of nitrogens with two attached hydrogens (primary N) is 1. The van der Waals surface area contributed by atoms with Crippen molar-refractivity contribution >= 4 is 28.3 Å². The van der Waals surface area contributed by atoms with E-state index in [9.17, 15) is 0 Å². The predicted molar refractivity (Wildman–Crippen MR) is 82.9 cm³/mol. The summed E-state index contributed by atoms with van der Waals surface area (Å²) in [5, 5.41) is 0.761. The lowest BCUT2D eigenvalue weighted by atomic mass is 10.2.